The van der Waals surface area contributed by atoms with Gasteiger partial charge in [-0.25, -0.2) is 9.97 Å². The number of carbonyl (C=O) groups is 2. The van der Waals surface area contributed by atoms with Crippen LogP contribution in [0.3, 0.4) is 0 Å². The van der Waals surface area contributed by atoms with Crippen molar-refractivity contribution in [1.29, 1.82) is 0 Å². The minimum Gasteiger partial charge on any atom is -0.505 e. The van der Waals surface area contributed by atoms with Gasteiger partial charge in [-0.15, -0.1) is 0 Å². The number of nitrogens with zero attached hydrogens (tertiary/aromatic N) is 2. The first-order valence-electron chi connectivity index (χ1n) is 9.53. The standard InChI is InChI=1S/C22H21N5O3/c23-22(10-9-15-4-1-2-5-16(15)22)21(30)26-13-14-7-8-18(25-12-14)27-20(29)19-17(28)6-3-11-24-19/h1-8,11-12,28H,9-10,13,23H2,(H,26,30)(H,25,27,29). The maximum Gasteiger partial charge on any atom is 0.279 e. The van der Waals surface area contributed by atoms with E-state index in [0.29, 0.717) is 12.2 Å². The molecular weight excluding hydrogens is 382 g/mol. The molecular formula is C22H21N5O3. The maximum absolute atomic E-state index is 12.8. The summed E-state index contributed by atoms with van der Waals surface area (Å²) in [7, 11) is 0. The molecule has 1 aliphatic rings. The molecule has 1 aromatic carbocycles. The van der Waals surface area contributed by atoms with E-state index in [1.54, 1.807) is 18.3 Å². The van der Waals surface area contributed by atoms with Gasteiger partial charge >= 0.3 is 0 Å². The molecule has 0 saturated carbocycles. The first kappa shape index (κ1) is 19.5. The van der Waals surface area contributed by atoms with Crippen LogP contribution in [-0.2, 0) is 23.3 Å². The van der Waals surface area contributed by atoms with Gasteiger partial charge in [0.15, 0.2) is 5.69 Å². The second kappa shape index (κ2) is 7.92. The summed E-state index contributed by atoms with van der Waals surface area (Å²) in [6.07, 6.45) is 4.32. The van der Waals surface area contributed by atoms with Crippen molar-refractivity contribution in [3.63, 3.8) is 0 Å². The molecule has 0 aliphatic heterocycles. The van der Waals surface area contributed by atoms with Crippen molar-refractivity contribution in [1.82, 2.24) is 15.3 Å². The van der Waals surface area contributed by atoms with Gasteiger partial charge in [-0.05, 0) is 47.7 Å². The fraction of sp³-hybridized carbons (Fsp3) is 0.182. The average Bonchev–Trinajstić information content (AvgIpc) is 3.11. The van der Waals surface area contributed by atoms with Gasteiger partial charge in [0.05, 0.1) is 0 Å². The Morgan fingerprint density at radius 1 is 1.10 bits per heavy atom. The number of nitrogens with two attached hydrogens (primary N) is 1. The molecule has 4 rings (SSSR count). The summed E-state index contributed by atoms with van der Waals surface area (Å²) in [5, 5.41) is 15.2. The number of aromatic nitrogens is 2. The topological polar surface area (TPSA) is 130 Å². The molecule has 2 heterocycles. The van der Waals surface area contributed by atoms with Gasteiger partial charge in [0.2, 0.25) is 5.91 Å². The number of carbonyl (C=O) groups excluding carboxylic acids is 2. The largest absolute Gasteiger partial charge is 0.505 e. The highest BCUT2D eigenvalue weighted by atomic mass is 16.3. The lowest BCUT2D eigenvalue weighted by Gasteiger charge is -2.24. The molecule has 3 aromatic rings. The Labute approximate surface area is 173 Å². The van der Waals surface area contributed by atoms with E-state index in [2.05, 4.69) is 20.6 Å². The van der Waals surface area contributed by atoms with Crippen LogP contribution in [0, 0.1) is 0 Å². The summed E-state index contributed by atoms with van der Waals surface area (Å²) in [5.41, 5.74) is 8.06. The van der Waals surface area contributed by atoms with E-state index in [4.69, 9.17) is 5.73 Å². The molecule has 8 nitrogen and oxygen atoms in total. The molecule has 2 amide bonds. The van der Waals surface area contributed by atoms with Gasteiger partial charge in [0.1, 0.15) is 17.1 Å². The Balaban J connectivity index is 1.37. The Morgan fingerprint density at radius 2 is 1.93 bits per heavy atom. The molecule has 1 atom stereocenters. The van der Waals surface area contributed by atoms with E-state index < -0.39 is 11.4 Å². The van der Waals surface area contributed by atoms with E-state index in [-0.39, 0.29) is 23.9 Å². The average molecular weight is 403 g/mol. The van der Waals surface area contributed by atoms with Crippen molar-refractivity contribution in [2.45, 2.75) is 24.9 Å². The normalized spacial score (nSPS) is 17.2. The van der Waals surface area contributed by atoms with Crippen molar-refractivity contribution in [2.24, 2.45) is 5.73 Å². The molecule has 0 saturated heterocycles. The van der Waals surface area contributed by atoms with Crippen LogP contribution in [0.15, 0.2) is 60.9 Å². The van der Waals surface area contributed by atoms with Crippen LogP contribution in [0.5, 0.6) is 5.75 Å². The zero-order chi connectivity index (χ0) is 21.1. The highest BCUT2D eigenvalue weighted by Gasteiger charge is 2.41. The smallest absolute Gasteiger partial charge is 0.279 e. The molecule has 0 radical (unpaired) electrons. The summed E-state index contributed by atoms with van der Waals surface area (Å²) in [6.45, 7) is 0.266. The van der Waals surface area contributed by atoms with Crippen LogP contribution in [-0.4, -0.2) is 26.9 Å². The highest BCUT2D eigenvalue weighted by Crippen LogP contribution is 2.34. The molecule has 8 heteroatoms. The molecule has 1 aliphatic carbocycles. The number of anilines is 1. The van der Waals surface area contributed by atoms with Crippen molar-refractivity contribution < 1.29 is 14.7 Å². The molecule has 0 fully saturated rings. The minimum atomic E-state index is -1.03. The predicted molar refractivity (Wildman–Crippen MR) is 111 cm³/mol. The monoisotopic (exact) mass is 403 g/mol. The number of aryl methyl sites for hydroxylation is 1. The van der Waals surface area contributed by atoms with Crippen molar-refractivity contribution in [3.8, 4) is 5.75 Å². The fourth-order valence-corrected chi connectivity index (χ4v) is 3.57. The molecule has 0 bridgehead atoms. The second-order valence-corrected chi connectivity index (χ2v) is 7.19. The van der Waals surface area contributed by atoms with E-state index in [1.165, 1.54) is 18.3 Å². The predicted octanol–water partition coefficient (Wildman–Crippen LogP) is 1.85. The third-order valence-corrected chi connectivity index (χ3v) is 5.21. The van der Waals surface area contributed by atoms with Crippen molar-refractivity contribution >= 4 is 17.6 Å². The first-order chi connectivity index (χ1) is 14.5. The van der Waals surface area contributed by atoms with Crippen LogP contribution < -0.4 is 16.4 Å². The quantitative estimate of drug-likeness (QED) is 0.514. The third-order valence-electron chi connectivity index (χ3n) is 5.21. The lowest BCUT2D eigenvalue weighted by molar-refractivity contribution is -0.126. The van der Waals surface area contributed by atoms with E-state index in [9.17, 15) is 14.7 Å². The summed E-state index contributed by atoms with van der Waals surface area (Å²) >= 11 is 0. The van der Waals surface area contributed by atoms with Crippen LogP contribution in [0.4, 0.5) is 5.82 Å². The summed E-state index contributed by atoms with van der Waals surface area (Å²) in [6, 6.07) is 14.0. The van der Waals surface area contributed by atoms with E-state index >= 15 is 0 Å². The lowest BCUT2D eigenvalue weighted by Crippen LogP contribution is -2.49. The van der Waals surface area contributed by atoms with Gasteiger partial charge in [0.25, 0.3) is 5.91 Å². The zero-order valence-electron chi connectivity index (χ0n) is 16.1. The number of benzene rings is 1. The SMILES string of the molecule is NC1(C(=O)NCc2ccc(NC(=O)c3ncccc3O)nc2)CCc2ccccc21. The molecule has 1 unspecified atom stereocenters. The number of aromatic hydroxyl groups is 1. The van der Waals surface area contributed by atoms with Gasteiger partial charge in [0, 0.05) is 18.9 Å². The Morgan fingerprint density at radius 3 is 2.70 bits per heavy atom. The summed E-state index contributed by atoms with van der Waals surface area (Å²) < 4.78 is 0. The van der Waals surface area contributed by atoms with Crippen molar-refractivity contribution in [3.05, 3.63) is 83.3 Å². The zero-order valence-corrected chi connectivity index (χ0v) is 16.1. The number of pyridine rings is 2. The number of nitrogens with one attached hydrogen (secondary N) is 2. The number of hydrogen-bond acceptors (Lipinski definition) is 6. The van der Waals surface area contributed by atoms with Gasteiger partial charge in [-0.1, -0.05) is 30.3 Å². The second-order valence-electron chi connectivity index (χ2n) is 7.19. The Kier molecular flexibility index (Phi) is 5.16. The number of fused-ring (bicyclic) bond motifs is 1. The summed E-state index contributed by atoms with van der Waals surface area (Å²) in [5.74, 6) is -0.694. The van der Waals surface area contributed by atoms with Crippen LogP contribution in [0.1, 0.15) is 33.6 Å². The first-order valence-corrected chi connectivity index (χ1v) is 9.53. The van der Waals surface area contributed by atoms with E-state index in [0.717, 1.165) is 23.1 Å². The van der Waals surface area contributed by atoms with Gasteiger partial charge < -0.3 is 21.5 Å². The molecule has 30 heavy (non-hydrogen) atoms. The van der Waals surface area contributed by atoms with Gasteiger partial charge in [-0.2, -0.15) is 0 Å². The third kappa shape index (κ3) is 3.72. The molecule has 2 aromatic heterocycles. The number of amides is 2. The molecule has 0 spiro atoms. The fourth-order valence-electron chi connectivity index (χ4n) is 3.57. The van der Waals surface area contributed by atoms with Crippen LogP contribution in [0.25, 0.3) is 0 Å². The van der Waals surface area contributed by atoms with Crippen molar-refractivity contribution in [2.75, 3.05) is 5.32 Å². The number of rotatable bonds is 5. The molecule has 5 N–H and O–H groups in total. The highest BCUT2D eigenvalue weighted by molar-refractivity contribution is 6.04. The van der Waals surface area contributed by atoms with Crippen LogP contribution in [0.2, 0.25) is 0 Å². The van der Waals surface area contributed by atoms with Crippen LogP contribution >= 0.6 is 0 Å². The number of hydrogen-bond donors (Lipinski definition) is 4. The Bertz CT molecular complexity index is 1100. The minimum absolute atomic E-state index is 0.0827. The summed E-state index contributed by atoms with van der Waals surface area (Å²) in [4.78, 5) is 33.0. The molecule has 152 valence electrons. The maximum atomic E-state index is 12.8. The Hall–Kier alpha value is -3.78. The van der Waals surface area contributed by atoms with E-state index in [1.807, 2.05) is 24.3 Å². The lowest BCUT2D eigenvalue weighted by atomic mass is 9.92. The van der Waals surface area contributed by atoms with Gasteiger partial charge in [-0.3, -0.25) is 9.59 Å².